The molecule has 1 amide bonds. The maximum absolute atomic E-state index is 13.2. The largest absolute Gasteiger partial charge is 0.493 e. The molecule has 1 atom stereocenters. The van der Waals surface area contributed by atoms with Crippen LogP contribution in [0.25, 0.3) is 0 Å². The van der Waals surface area contributed by atoms with Crippen molar-refractivity contribution in [1.82, 2.24) is 9.79 Å². The van der Waals surface area contributed by atoms with E-state index in [0.717, 1.165) is 4.31 Å². The van der Waals surface area contributed by atoms with Crippen molar-refractivity contribution < 1.29 is 23.2 Å². The van der Waals surface area contributed by atoms with Crippen LogP contribution in [0.2, 0.25) is 5.02 Å². The molecule has 0 bridgehead atoms. The molecule has 7 nitrogen and oxygen atoms in total. The number of hydroxylamine groups is 1. The lowest BCUT2D eigenvalue weighted by molar-refractivity contribution is -0.132. The zero-order valence-electron chi connectivity index (χ0n) is 15.9. The third-order valence-electron chi connectivity index (χ3n) is 4.19. The summed E-state index contributed by atoms with van der Waals surface area (Å²) in [6.45, 7) is 5.37. The molecule has 0 fully saturated rings. The van der Waals surface area contributed by atoms with Gasteiger partial charge in [0.1, 0.15) is 11.8 Å². The number of benzene rings is 2. The monoisotopic (exact) mass is 438 g/mol. The Hall–Kier alpha value is -2.39. The maximum atomic E-state index is 13.2. The summed E-state index contributed by atoms with van der Waals surface area (Å²) >= 11 is 5.88. The summed E-state index contributed by atoms with van der Waals surface area (Å²) in [6, 6.07) is 11.4. The van der Waals surface area contributed by atoms with E-state index in [1.807, 2.05) is 0 Å². The molecule has 0 saturated carbocycles. The summed E-state index contributed by atoms with van der Waals surface area (Å²) in [5, 5.41) is 9.48. The molecule has 29 heavy (non-hydrogen) atoms. The minimum absolute atomic E-state index is 0.000115. The molecule has 0 heterocycles. The number of nitrogens with zero attached hydrogens (tertiary/aromatic N) is 1. The first-order valence-electron chi connectivity index (χ1n) is 8.83. The average Bonchev–Trinajstić information content (AvgIpc) is 2.72. The van der Waals surface area contributed by atoms with Crippen molar-refractivity contribution >= 4 is 27.5 Å². The number of rotatable bonds is 10. The van der Waals surface area contributed by atoms with Gasteiger partial charge >= 0.3 is 0 Å². The number of carbonyl (C=O) groups excluding carboxylic acids is 1. The highest BCUT2D eigenvalue weighted by atomic mass is 35.5. The molecule has 0 aromatic heterocycles. The Balaban J connectivity index is 2.32. The number of hydrogen-bond acceptors (Lipinski definition) is 5. The quantitative estimate of drug-likeness (QED) is 0.256. The van der Waals surface area contributed by atoms with Gasteiger partial charge in [-0.25, -0.2) is 13.9 Å². The fourth-order valence-electron chi connectivity index (χ4n) is 2.53. The summed E-state index contributed by atoms with van der Waals surface area (Å²) in [6.07, 6.45) is 2.39. The predicted molar refractivity (Wildman–Crippen MR) is 110 cm³/mol. The Kier molecular flexibility index (Phi) is 8.21. The van der Waals surface area contributed by atoms with E-state index in [2.05, 4.69) is 6.58 Å². The number of ether oxygens (including phenoxy) is 1. The van der Waals surface area contributed by atoms with Crippen molar-refractivity contribution in [2.24, 2.45) is 0 Å². The normalized spacial score (nSPS) is 12.4. The second-order valence-corrected chi connectivity index (χ2v) is 8.55. The SMILES string of the molecule is C=CCCOc1ccc(S(=O)(=O)N(Cc2ccc(Cl)cc2)C(C)C(=O)NO)cc1. The second-order valence-electron chi connectivity index (χ2n) is 6.23. The van der Waals surface area contributed by atoms with E-state index in [9.17, 15) is 13.2 Å². The Bertz CT molecular complexity index is 930. The van der Waals surface area contributed by atoms with Crippen LogP contribution in [0, 0.1) is 0 Å². The molecule has 0 aliphatic rings. The summed E-state index contributed by atoms with van der Waals surface area (Å²) in [5.41, 5.74) is 2.15. The molecule has 0 radical (unpaired) electrons. The minimum Gasteiger partial charge on any atom is -0.493 e. The van der Waals surface area contributed by atoms with Crippen molar-refractivity contribution in [2.45, 2.75) is 30.8 Å². The average molecular weight is 439 g/mol. The third kappa shape index (κ3) is 6.04. The first-order valence-corrected chi connectivity index (χ1v) is 10.7. The van der Waals surface area contributed by atoms with Gasteiger partial charge in [0.15, 0.2) is 0 Å². The Morgan fingerprint density at radius 1 is 1.24 bits per heavy atom. The van der Waals surface area contributed by atoms with Crippen LogP contribution in [0.1, 0.15) is 18.9 Å². The van der Waals surface area contributed by atoms with Crippen LogP contribution in [-0.4, -0.2) is 36.5 Å². The van der Waals surface area contributed by atoms with E-state index in [1.54, 1.807) is 42.5 Å². The van der Waals surface area contributed by atoms with Gasteiger partial charge in [-0.15, -0.1) is 6.58 Å². The van der Waals surface area contributed by atoms with E-state index >= 15 is 0 Å². The summed E-state index contributed by atoms with van der Waals surface area (Å²) in [4.78, 5) is 12.0. The molecule has 9 heteroatoms. The van der Waals surface area contributed by atoms with E-state index < -0.39 is 22.0 Å². The lowest BCUT2D eigenvalue weighted by Crippen LogP contribution is -2.46. The number of amides is 1. The molecule has 1 unspecified atom stereocenters. The molecule has 2 aromatic rings. The molecular formula is C20H23ClN2O5S. The van der Waals surface area contributed by atoms with Crippen LogP contribution in [-0.2, 0) is 21.4 Å². The third-order valence-corrected chi connectivity index (χ3v) is 6.38. The van der Waals surface area contributed by atoms with Crippen molar-refractivity contribution in [3.8, 4) is 5.75 Å². The van der Waals surface area contributed by atoms with Gasteiger partial charge in [-0.1, -0.05) is 29.8 Å². The van der Waals surface area contributed by atoms with Gasteiger partial charge in [0.2, 0.25) is 10.0 Å². The topological polar surface area (TPSA) is 95.9 Å². The van der Waals surface area contributed by atoms with Crippen LogP contribution in [0.5, 0.6) is 5.75 Å². The molecule has 0 aliphatic heterocycles. The van der Waals surface area contributed by atoms with E-state index in [0.29, 0.717) is 29.4 Å². The van der Waals surface area contributed by atoms with Gasteiger partial charge < -0.3 is 4.74 Å². The van der Waals surface area contributed by atoms with Crippen LogP contribution >= 0.6 is 11.6 Å². The van der Waals surface area contributed by atoms with Crippen molar-refractivity contribution in [1.29, 1.82) is 0 Å². The van der Waals surface area contributed by atoms with Crippen molar-refractivity contribution in [3.05, 3.63) is 71.8 Å². The van der Waals surface area contributed by atoms with Gasteiger partial charge in [-0.05, 0) is 55.3 Å². The Morgan fingerprint density at radius 3 is 2.41 bits per heavy atom. The molecule has 0 saturated heterocycles. The van der Waals surface area contributed by atoms with Crippen LogP contribution in [0.3, 0.4) is 0 Å². The summed E-state index contributed by atoms with van der Waals surface area (Å²) in [7, 11) is -4.05. The van der Waals surface area contributed by atoms with E-state index in [1.165, 1.54) is 24.5 Å². The minimum atomic E-state index is -4.05. The number of hydrogen-bond donors (Lipinski definition) is 2. The zero-order valence-corrected chi connectivity index (χ0v) is 17.5. The van der Waals surface area contributed by atoms with E-state index in [4.69, 9.17) is 21.5 Å². The highest BCUT2D eigenvalue weighted by Gasteiger charge is 2.33. The first-order chi connectivity index (χ1) is 13.8. The molecular weight excluding hydrogens is 416 g/mol. The van der Waals surface area contributed by atoms with Crippen LogP contribution in [0.4, 0.5) is 0 Å². The lowest BCUT2D eigenvalue weighted by Gasteiger charge is -2.27. The van der Waals surface area contributed by atoms with Gasteiger partial charge in [-0.2, -0.15) is 4.31 Å². The predicted octanol–water partition coefficient (Wildman–Crippen LogP) is 3.38. The standard InChI is InChI=1S/C20H23ClN2O5S/c1-3-4-13-28-18-9-11-19(12-10-18)29(26,27)23(15(2)20(24)22-25)14-16-5-7-17(21)8-6-16/h3,5-12,15,25H,1,4,13-14H2,2H3,(H,22,24). The van der Waals surface area contributed by atoms with Gasteiger partial charge in [-0.3, -0.25) is 10.0 Å². The maximum Gasteiger partial charge on any atom is 0.261 e. The van der Waals surface area contributed by atoms with Crippen molar-refractivity contribution in [2.75, 3.05) is 6.61 Å². The van der Waals surface area contributed by atoms with Crippen molar-refractivity contribution in [3.63, 3.8) is 0 Å². The summed E-state index contributed by atoms with van der Waals surface area (Å²) in [5.74, 6) is -0.317. The highest BCUT2D eigenvalue weighted by molar-refractivity contribution is 7.89. The molecule has 0 spiro atoms. The Labute approximate surface area is 175 Å². The van der Waals surface area contributed by atoms with Gasteiger partial charge in [0.25, 0.3) is 5.91 Å². The number of halogens is 1. The zero-order chi connectivity index (χ0) is 21.4. The molecule has 2 N–H and O–H groups in total. The molecule has 156 valence electrons. The number of nitrogens with one attached hydrogen (secondary N) is 1. The lowest BCUT2D eigenvalue weighted by atomic mass is 10.2. The fraction of sp³-hybridized carbons (Fsp3) is 0.250. The van der Waals surface area contributed by atoms with Crippen LogP contribution in [0.15, 0.2) is 66.1 Å². The first kappa shape index (κ1) is 22.9. The number of sulfonamides is 1. The molecule has 0 aliphatic carbocycles. The van der Waals surface area contributed by atoms with E-state index in [-0.39, 0.29) is 11.4 Å². The highest BCUT2D eigenvalue weighted by Crippen LogP contribution is 2.24. The molecule has 2 aromatic carbocycles. The smallest absolute Gasteiger partial charge is 0.261 e. The number of carbonyl (C=O) groups is 1. The van der Waals surface area contributed by atoms with Gasteiger partial charge in [0, 0.05) is 11.6 Å². The Morgan fingerprint density at radius 2 is 1.86 bits per heavy atom. The second kappa shape index (κ2) is 10.4. The van der Waals surface area contributed by atoms with Gasteiger partial charge in [0.05, 0.1) is 11.5 Å². The molecule has 2 rings (SSSR count). The van der Waals surface area contributed by atoms with Crippen LogP contribution < -0.4 is 10.2 Å². The fourth-order valence-corrected chi connectivity index (χ4v) is 4.24. The summed E-state index contributed by atoms with van der Waals surface area (Å²) < 4.78 is 32.9.